The van der Waals surface area contributed by atoms with Crippen LogP contribution in [0.1, 0.15) is 50.0 Å². The summed E-state index contributed by atoms with van der Waals surface area (Å²) in [5.74, 6) is 1.86. The van der Waals surface area contributed by atoms with Crippen LogP contribution in [0.2, 0.25) is 0 Å². The van der Waals surface area contributed by atoms with Gasteiger partial charge in [-0.15, -0.1) is 0 Å². The third-order valence-corrected chi connectivity index (χ3v) is 4.32. The minimum absolute atomic E-state index is 0.174. The van der Waals surface area contributed by atoms with Gasteiger partial charge in [0, 0.05) is 38.5 Å². The summed E-state index contributed by atoms with van der Waals surface area (Å²) in [5, 5.41) is 3.01. The lowest BCUT2D eigenvalue weighted by Gasteiger charge is -2.12. The minimum atomic E-state index is 0.174. The van der Waals surface area contributed by atoms with E-state index in [9.17, 15) is 4.79 Å². The largest absolute Gasteiger partial charge is 0.377 e. The molecule has 1 heterocycles. The van der Waals surface area contributed by atoms with Gasteiger partial charge in [0.25, 0.3) is 0 Å². The molecule has 2 rings (SSSR count). The first-order valence-electron chi connectivity index (χ1n) is 7.97. The number of methoxy groups -OCH3 is 1. The first-order chi connectivity index (χ1) is 10.2. The molecule has 0 radical (unpaired) electrons. The van der Waals surface area contributed by atoms with Crippen molar-refractivity contribution in [1.82, 2.24) is 14.9 Å². The van der Waals surface area contributed by atoms with Crippen molar-refractivity contribution >= 4 is 5.91 Å². The smallest absolute Gasteiger partial charge is 0.220 e. The zero-order valence-corrected chi connectivity index (χ0v) is 13.2. The average Bonchev–Trinajstić information content (AvgIpc) is 3.09. The SMILES string of the molecule is COCc1ncc(C)n1CCNC(=O)CCC1CCCC1. The van der Waals surface area contributed by atoms with Crippen molar-refractivity contribution in [2.24, 2.45) is 5.92 Å². The highest BCUT2D eigenvalue weighted by Crippen LogP contribution is 2.28. The third kappa shape index (κ3) is 4.84. The molecule has 0 atom stereocenters. The second-order valence-electron chi connectivity index (χ2n) is 5.94. The van der Waals surface area contributed by atoms with Gasteiger partial charge in [-0.05, 0) is 19.3 Å². The number of aryl methyl sites for hydroxylation is 1. The van der Waals surface area contributed by atoms with Gasteiger partial charge in [-0.1, -0.05) is 25.7 Å². The number of carbonyl (C=O) groups excluding carboxylic acids is 1. The third-order valence-electron chi connectivity index (χ3n) is 4.32. The second kappa shape index (κ2) is 8.17. The van der Waals surface area contributed by atoms with E-state index in [1.807, 2.05) is 13.1 Å². The Balaban J connectivity index is 1.68. The predicted molar refractivity (Wildman–Crippen MR) is 81.9 cm³/mol. The second-order valence-corrected chi connectivity index (χ2v) is 5.94. The van der Waals surface area contributed by atoms with Gasteiger partial charge in [0.1, 0.15) is 12.4 Å². The number of imidazole rings is 1. The Labute approximate surface area is 127 Å². The fourth-order valence-corrected chi connectivity index (χ4v) is 3.09. The van der Waals surface area contributed by atoms with Crippen molar-refractivity contribution in [3.63, 3.8) is 0 Å². The summed E-state index contributed by atoms with van der Waals surface area (Å²) >= 11 is 0. The maximum absolute atomic E-state index is 11.9. The van der Waals surface area contributed by atoms with Crippen molar-refractivity contribution in [1.29, 1.82) is 0 Å². The Hall–Kier alpha value is -1.36. The van der Waals surface area contributed by atoms with Crippen LogP contribution in [0.4, 0.5) is 0 Å². The Morgan fingerprint density at radius 1 is 1.48 bits per heavy atom. The lowest BCUT2D eigenvalue weighted by atomic mass is 10.0. The van der Waals surface area contributed by atoms with Crippen LogP contribution in [-0.4, -0.2) is 29.1 Å². The molecule has 1 saturated carbocycles. The van der Waals surface area contributed by atoms with Crippen LogP contribution in [0.15, 0.2) is 6.20 Å². The summed E-state index contributed by atoms with van der Waals surface area (Å²) in [4.78, 5) is 16.2. The molecular formula is C16H27N3O2. The average molecular weight is 293 g/mol. The number of amides is 1. The Morgan fingerprint density at radius 2 is 2.24 bits per heavy atom. The molecule has 1 aromatic rings. The standard InChI is InChI=1S/C16H27N3O2/c1-13-11-18-15(12-21-2)19(13)10-9-17-16(20)8-7-14-5-3-4-6-14/h11,14H,3-10,12H2,1-2H3,(H,17,20). The van der Waals surface area contributed by atoms with Gasteiger partial charge >= 0.3 is 0 Å². The molecule has 0 aromatic carbocycles. The van der Waals surface area contributed by atoms with Crippen molar-refractivity contribution in [3.8, 4) is 0 Å². The molecule has 1 amide bonds. The molecular weight excluding hydrogens is 266 g/mol. The quantitative estimate of drug-likeness (QED) is 0.801. The highest BCUT2D eigenvalue weighted by Gasteiger charge is 2.16. The van der Waals surface area contributed by atoms with E-state index in [-0.39, 0.29) is 5.91 Å². The van der Waals surface area contributed by atoms with Crippen LogP contribution in [0.5, 0.6) is 0 Å². The molecule has 1 aliphatic rings. The van der Waals surface area contributed by atoms with Crippen LogP contribution in [0.3, 0.4) is 0 Å². The number of hydrogen-bond donors (Lipinski definition) is 1. The molecule has 5 heteroatoms. The molecule has 1 fully saturated rings. The first-order valence-corrected chi connectivity index (χ1v) is 7.97. The van der Waals surface area contributed by atoms with Crippen LogP contribution >= 0.6 is 0 Å². The number of nitrogens with one attached hydrogen (secondary N) is 1. The highest BCUT2D eigenvalue weighted by molar-refractivity contribution is 5.75. The van der Waals surface area contributed by atoms with Crippen molar-refractivity contribution < 1.29 is 9.53 Å². The summed E-state index contributed by atoms with van der Waals surface area (Å²) in [6.45, 7) is 3.93. The van der Waals surface area contributed by atoms with Gasteiger partial charge in [0.2, 0.25) is 5.91 Å². The van der Waals surface area contributed by atoms with E-state index < -0.39 is 0 Å². The summed E-state index contributed by atoms with van der Waals surface area (Å²) in [5.41, 5.74) is 1.10. The predicted octanol–water partition coefficient (Wildman–Crippen LogP) is 2.42. The van der Waals surface area contributed by atoms with Crippen LogP contribution < -0.4 is 5.32 Å². The van der Waals surface area contributed by atoms with Crippen molar-refractivity contribution in [3.05, 3.63) is 17.7 Å². The first kappa shape index (κ1) is 16.0. The zero-order chi connectivity index (χ0) is 15.1. The van der Waals surface area contributed by atoms with Crippen LogP contribution in [0, 0.1) is 12.8 Å². The van der Waals surface area contributed by atoms with E-state index in [1.54, 1.807) is 7.11 Å². The number of hydrogen-bond acceptors (Lipinski definition) is 3. The number of aromatic nitrogens is 2. The summed E-state index contributed by atoms with van der Waals surface area (Å²) in [6, 6.07) is 0. The highest BCUT2D eigenvalue weighted by atomic mass is 16.5. The molecule has 21 heavy (non-hydrogen) atoms. The summed E-state index contributed by atoms with van der Waals surface area (Å²) in [7, 11) is 1.67. The molecule has 0 aliphatic heterocycles. The van der Waals surface area contributed by atoms with Gasteiger partial charge in [-0.2, -0.15) is 0 Å². The zero-order valence-electron chi connectivity index (χ0n) is 13.2. The van der Waals surface area contributed by atoms with E-state index in [4.69, 9.17) is 4.74 Å². The number of nitrogens with zero attached hydrogens (tertiary/aromatic N) is 2. The normalized spacial score (nSPS) is 15.5. The summed E-state index contributed by atoms with van der Waals surface area (Å²) in [6.07, 6.45) is 8.85. The van der Waals surface area contributed by atoms with E-state index in [0.717, 1.165) is 30.4 Å². The monoisotopic (exact) mass is 293 g/mol. The fraction of sp³-hybridized carbons (Fsp3) is 0.750. The molecule has 118 valence electrons. The molecule has 1 aliphatic carbocycles. The van der Waals surface area contributed by atoms with Crippen LogP contribution in [-0.2, 0) is 22.7 Å². The topological polar surface area (TPSA) is 56.1 Å². The van der Waals surface area contributed by atoms with E-state index in [1.165, 1.54) is 25.7 Å². The Bertz CT molecular complexity index is 450. The van der Waals surface area contributed by atoms with Gasteiger partial charge in [-0.25, -0.2) is 4.98 Å². The number of carbonyl (C=O) groups is 1. The molecule has 5 nitrogen and oxygen atoms in total. The number of ether oxygens (including phenoxy) is 1. The molecule has 0 bridgehead atoms. The lowest BCUT2D eigenvalue weighted by molar-refractivity contribution is -0.121. The van der Waals surface area contributed by atoms with Gasteiger partial charge in [0.15, 0.2) is 0 Å². The summed E-state index contributed by atoms with van der Waals surface area (Å²) < 4.78 is 7.23. The van der Waals surface area contributed by atoms with Crippen LogP contribution in [0.25, 0.3) is 0 Å². The van der Waals surface area contributed by atoms with E-state index in [2.05, 4.69) is 14.9 Å². The molecule has 0 unspecified atom stereocenters. The molecule has 1 N–H and O–H groups in total. The van der Waals surface area contributed by atoms with E-state index >= 15 is 0 Å². The molecule has 0 saturated heterocycles. The van der Waals surface area contributed by atoms with Crippen molar-refractivity contribution in [2.45, 2.75) is 58.6 Å². The Kier molecular flexibility index (Phi) is 6.23. The van der Waals surface area contributed by atoms with Crippen molar-refractivity contribution in [2.75, 3.05) is 13.7 Å². The fourth-order valence-electron chi connectivity index (χ4n) is 3.09. The maximum Gasteiger partial charge on any atom is 0.220 e. The molecule has 0 spiro atoms. The van der Waals surface area contributed by atoms with Gasteiger partial charge in [-0.3, -0.25) is 4.79 Å². The maximum atomic E-state index is 11.9. The Morgan fingerprint density at radius 3 is 2.95 bits per heavy atom. The number of rotatable bonds is 8. The van der Waals surface area contributed by atoms with Gasteiger partial charge in [0.05, 0.1) is 0 Å². The molecule has 1 aromatic heterocycles. The van der Waals surface area contributed by atoms with Gasteiger partial charge < -0.3 is 14.6 Å². The minimum Gasteiger partial charge on any atom is -0.377 e. The van der Waals surface area contributed by atoms with E-state index in [0.29, 0.717) is 19.6 Å². The lowest BCUT2D eigenvalue weighted by Crippen LogP contribution is -2.28.